The van der Waals surface area contributed by atoms with Crippen LogP contribution in [0.15, 0.2) is 182 Å². The maximum absolute atomic E-state index is 13.1. The van der Waals surface area contributed by atoms with Crippen LogP contribution in [0, 0.1) is 0 Å². The molecule has 0 saturated carbocycles. The van der Waals surface area contributed by atoms with Gasteiger partial charge < -0.3 is 33.8 Å². The molecular weight excluding hydrogens is 1330 g/mol. The maximum atomic E-state index is 13.1. The fourth-order valence-electron chi connectivity index (χ4n) is 9.19. The molecule has 0 aliphatic heterocycles. The Morgan fingerprint density at radius 1 is 0.294 bits per heavy atom. The zero-order chi connectivity index (χ0) is 74.6. The van der Waals surface area contributed by atoms with Crippen LogP contribution in [0.3, 0.4) is 0 Å². The summed E-state index contributed by atoms with van der Waals surface area (Å²) < 4.78 is 68.3. The minimum absolute atomic E-state index is 0.0272. The summed E-state index contributed by atoms with van der Waals surface area (Å²) in [5.41, 5.74) is 0. The van der Waals surface area contributed by atoms with Crippen molar-refractivity contribution in [2.45, 2.75) is 277 Å². The van der Waals surface area contributed by atoms with Gasteiger partial charge in [-0.3, -0.25) is 37.3 Å². The molecule has 102 heavy (non-hydrogen) atoms. The minimum Gasteiger partial charge on any atom is -0.462 e. The first kappa shape index (κ1) is 96.2. The van der Waals surface area contributed by atoms with Crippen molar-refractivity contribution in [3.8, 4) is 0 Å². The summed E-state index contributed by atoms with van der Waals surface area (Å²) in [6.45, 7) is 4.26. The van der Waals surface area contributed by atoms with Crippen molar-refractivity contribution in [1.29, 1.82) is 0 Å². The molecule has 0 bridgehead atoms. The Morgan fingerprint density at radius 2 is 0.549 bits per heavy atom. The quantitative estimate of drug-likeness (QED) is 0.0169. The van der Waals surface area contributed by atoms with Gasteiger partial charge >= 0.3 is 39.5 Å². The van der Waals surface area contributed by atoms with Crippen LogP contribution in [-0.2, 0) is 65.4 Å². The van der Waals surface area contributed by atoms with E-state index in [0.717, 1.165) is 154 Å². The van der Waals surface area contributed by atoms with Gasteiger partial charge in [0.2, 0.25) is 0 Å². The fraction of sp³-hybridized carbons (Fsp3) is 0.590. The number of ether oxygens (including phenoxy) is 4. The highest BCUT2D eigenvalue weighted by Crippen LogP contribution is 2.45. The first-order valence-corrected chi connectivity index (χ1v) is 41.0. The standard InChI is InChI=1S/C83H132O17P2/c1-5-9-13-17-21-25-29-33-37-38-42-44-48-52-56-60-64-68-81(86)94-74-79(100-83(88)70-66-62-58-54-50-46-41-36-32-28-24-20-16-12-8-4)76-98-102(91,92)96-72-77(84)71-95-101(89,90)97-75-78(99-82(87)69-65-61-57-53-49-45-40-35-31-27-23-19-15-11-7-3)73-93-80(85)67-63-59-55-51-47-43-39-34-30-26-22-18-14-10-6-2/h9-10,12-14,16,21-28,33-37,39-42,44,47,50-51,54,59,63,77-79,84H,5-8,11,15,17-20,29-32,38,43,45-46,48-49,52-53,55-58,60-62,64-76H2,1-4H3,(H,89,90)(H,91,92)/b13-9-,14-10-,16-12-,25-21-,26-22-,27-23-,28-24-,37-33-,39-34-,40-35-,41-36-,44-42-,51-47-,54-50-,63-59-. The van der Waals surface area contributed by atoms with E-state index in [2.05, 4.69) is 186 Å². The lowest BCUT2D eigenvalue weighted by Gasteiger charge is -2.21. The van der Waals surface area contributed by atoms with Crippen molar-refractivity contribution in [3.05, 3.63) is 182 Å². The van der Waals surface area contributed by atoms with Gasteiger partial charge in [-0.15, -0.1) is 0 Å². The zero-order valence-electron chi connectivity index (χ0n) is 62.7. The van der Waals surface area contributed by atoms with Crippen LogP contribution in [0.2, 0.25) is 0 Å². The number of carbonyl (C=O) groups excluding carboxylic acids is 4. The molecule has 0 amide bonds. The molecular formula is C83H132O17P2. The van der Waals surface area contributed by atoms with Gasteiger partial charge in [-0.05, 0) is 161 Å². The van der Waals surface area contributed by atoms with Crippen LogP contribution in [0.1, 0.15) is 259 Å². The van der Waals surface area contributed by atoms with E-state index in [1.165, 1.54) is 19.3 Å². The predicted molar refractivity (Wildman–Crippen MR) is 417 cm³/mol. The molecule has 576 valence electrons. The third-order valence-corrected chi connectivity index (χ3v) is 16.8. The summed E-state index contributed by atoms with van der Waals surface area (Å²) in [7, 11) is -10.0. The fourth-order valence-corrected chi connectivity index (χ4v) is 10.8. The van der Waals surface area contributed by atoms with Crippen LogP contribution < -0.4 is 0 Å². The molecule has 0 aliphatic rings. The Kier molecular flexibility index (Phi) is 69.3. The molecule has 0 heterocycles. The SMILES string of the molecule is CC/C=C\C/C=C\C/C=C\C/C=C\C/C=C\CC(=O)OCC(COP(=O)(O)OCC(O)COP(=O)(O)OCC(COC(=O)CCCCCC/C=C\C/C=C\C/C=C\C/C=C\CC)OC(=O)CCCC/C=C\C/C=C\C/C=C\C/C=C\CC)OC(=O)CCCCCCC/C=C\C/C=C\CCCCC. The molecule has 0 fully saturated rings. The Balaban J connectivity index is 5.52. The van der Waals surface area contributed by atoms with Gasteiger partial charge in [0.1, 0.15) is 19.3 Å². The summed E-state index contributed by atoms with van der Waals surface area (Å²) in [5.74, 6) is -2.43. The third-order valence-electron chi connectivity index (χ3n) is 14.9. The molecule has 19 heteroatoms. The van der Waals surface area contributed by atoms with E-state index in [-0.39, 0.29) is 25.7 Å². The van der Waals surface area contributed by atoms with E-state index < -0.39 is 97.5 Å². The van der Waals surface area contributed by atoms with E-state index in [0.29, 0.717) is 32.1 Å². The molecule has 0 rings (SSSR count). The van der Waals surface area contributed by atoms with Crippen LogP contribution in [0.5, 0.6) is 0 Å². The van der Waals surface area contributed by atoms with Crippen molar-refractivity contribution in [2.75, 3.05) is 39.6 Å². The van der Waals surface area contributed by atoms with Gasteiger partial charge in [0.05, 0.1) is 32.8 Å². The van der Waals surface area contributed by atoms with Crippen molar-refractivity contribution in [2.24, 2.45) is 0 Å². The van der Waals surface area contributed by atoms with E-state index in [1.807, 2.05) is 18.2 Å². The van der Waals surface area contributed by atoms with Crippen LogP contribution in [-0.4, -0.2) is 96.7 Å². The summed E-state index contributed by atoms with van der Waals surface area (Å²) in [4.78, 5) is 72.8. The molecule has 17 nitrogen and oxygen atoms in total. The normalized spacial score (nSPS) is 14.9. The third kappa shape index (κ3) is 72.5. The molecule has 0 spiro atoms. The second-order valence-corrected chi connectivity index (χ2v) is 27.4. The maximum Gasteiger partial charge on any atom is 0.472 e. The summed E-state index contributed by atoms with van der Waals surface area (Å²) >= 11 is 0. The Bertz CT molecular complexity index is 2650. The Hall–Kier alpha value is -5.84. The number of unbranched alkanes of at least 4 members (excludes halogenated alkanes) is 14. The summed E-state index contributed by atoms with van der Waals surface area (Å²) in [6, 6.07) is 0. The number of phosphoric acid groups is 2. The smallest absolute Gasteiger partial charge is 0.462 e. The van der Waals surface area contributed by atoms with E-state index in [9.17, 15) is 43.2 Å². The lowest BCUT2D eigenvalue weighted by molar-refractivity contribution is -0.161. The van der Waals surface area contributed by atoms with Crippen molar-refractivity contribution < 1.29 is 80.2 Å². The van der Waals surface area contributed by atoms with Gasteiger partial charge in [0.15, 0.2) is 12.2 Å². The van der Waals surface area contributed by atoms with Gasteiger partial charge in [0.25, 0.3) is 0 Å². The largest absolute Gasteiger partial charge is 0.472 e. The van der Waals surface area contributed by atoms with Gasteiger partial charge in [-0.25, -0.2) is 9.13 Å². The average Bonchev–Trinajstić information content (AvgIpc) is 0.926. The monoisotopic (exact) mass is 1460 g/mol. The number of aliphatic hydroxyl groups is 1. The molecule has 0 aromatic carbocycles. The first-order chi connectivity index (χ1) is 49.7. The van der Waals surface area contributed by atoms with Crippen LogP contribution in [0.4, 0.5) is 0 Å². The Labute approximate surface area is 615 Å². The number of allylic oxidation sites excluding steroid dienone is 29. The van der Waals surface area contributed by atoms with Crippen LogP contribution >= 0.6 is 15.6 Å². The summed E-state index contributed by atoms with van der Waals surface area (Å²) in [6.07, 6.45) is 87.7. The topological polar surface area (TPSA) is 237 Å². The van der Waals surface area contributed by atoms with Crippen molar-refractivity contribution in [3.63, 3.8) is 0 Å². The molecule has 0 aromatic heterocycles. The van der Waals surface area contributed by atoms with E-state index >= 15 is 0 Å². The molecule has 5 atom stereocenters. The molecule has 0 aliphatic carbocycles. The number of hydrogen-bond acceptors (Lipinski definition) is 15. The highest BCUT2D eigenvalue weighted by atomic mass is 31.2. The van der Waals surface area contributed by atoms with Gasteiger partial charge in [-0.1, -0.05) is 255 Å². The first-order valence-electron chi connectivity index (χ1n) is 38.0. The number of esters is 4. The number of phosphoric ester groups is 2. The van der Waals surface area contributed by atoms with Crippen LogP contribution in [0.25, 0.3) is 0 Å². The molecule has 0 aromatic rings. The van der Waals surface area contributed by atoms with Crippen molar-refractivity contribution in [1.82, 2.24) is 0 Å². The number of aliphatic hydroxyl groups excluding tert-OH is 1. The van der Waals surface area contributed by atoms with Crippen molar-refractivity contribution >= 4 is 39.5 Å². The second kappa shape index (κ2) is 73.5. The molecule has 5 unspecified atom stereocenters. The molecule has 0 saturated heterocycles. The lowest BCUT2D eigenvalue weighted by Crippen LogP contribution is -2.30. The van der Waals surface area contributed by atoms with Gasteiger partial charge in [-0.2, -0.15) is 0 Å². The Morgan fingerprint density at radius 3 is 0.892 bits per heavy atom. The van der Waals surface area contributed by atoms with E-state index in [1.54, 1.807) is 6.08 Å². The number of rotatable bonds is 69. The zero-order valence-corrected chi connectivity index (χ0v) is 64.5. The number of hydrogen-bond donors (Lipinski definition) is 3. The highest BCUT2D eigenvalue weighted by Gasteiger charge is 2.30. The summed E-state index contributed by atoms with van der Waals surface area (Å²) in [5, 5.41) is 10.6. The predicted octanol–water partition coefficient (Wildman–Crippen LogP) is 22.0. The minimum atomic E-state index is -5.01. The van der Waals surface area contributed by atoms with E-state index in [4.69, 9.17) is 37.0 Å². The average molecular weight is 1460 g/mol. The highest BCUT2D eigenvalue weighted by molar-refractivity contribution is 7.47. The second-order valence-electron chi connectivity index (χ2n) is 24.5. The van der Waals surface area contributed by atoms with Gasteiger partial charge in [0, 0.05) is 19.3 Å². The lowest BCUT2D eigenvalue weighted by atomic mass is 10.1. The molecule has 0 radical (unpaired) electrons. The molecule has 3 N–H and O–H groups in total. The number of carbonyl (C=O) groups is 4.